The third-order valence-electron chi connectivity index (χ3n) is 3.03. The van der Waals surface area contributed by atoms with Crippen LogP contribution in [0.2, 0.25) is 0 Å². The molecule has 0 saturated carbocycles. The lowest BCUT2D eigenvalue weighted by Crippen LogP contribution is -2.64. The van der Waals surface area contributed by atoms with Crippen LogP contribution in [0.5, 0.6) is 0 Å². The maximum absolute atomic E-state index is 11.1. The molecule has 7 heteroatoms. The first-order chi connectivity index (χ1) is 9.01. The minimum Gasteiger partial charge on any atom is -0.394 e. The minimum absolute atomic E-state index is 0.355. The van der Waals surface area contributed by atoms with E-state index < -0.39 is 37.3 Å². The Hall–Kier alpha value is -0.730. The largest absolute Gasteiger partial charge is 0.394 e. The van der Waals surface area contributed by atoms with Gasteiger partial charge in [-0.2, -0.15) is 0 Å². The van der Waals surface area contributed by atoms with Crippen LogP contribution in [0.25, 0.3) is 0 Å². The van der Waals surface area contributed by atoms with E-state index in [1.165, 1.54) is 6.92 Å². The van der Waals surface area contributed by atoms with Gasteiger partial charge in [0.05, 0.1) is 6.61 Å². The van der Waals surface area contributed by atoms with E-state index in [4.69, 9.17) is 14.6 Å². The highest BCUT2D eigenvalue weighted by molar-refractivity contribution is 5.73. The second-order valence-electron chi connectivity index (χ2n) is 4.66. The molecule has 19 heavy (non-hydrogen) atoms. The molecule has 0 aliphatic carbocycles. The number of ether oxygens (including phenoxy) is 2. The first-order valence-electron chi connectivity index (χ1n) is 6.52. The predicted octanol–water partition coefficient (Wildman–Crippen LogP) is -1.25. The van der Waals surface area contributed by atoms with Crippen molar-refractivity contribution in [3.63, 3.8) is 0 Å². The lowest BCUT2D eigenvalue weighted by Gasteiger charge is -2.42. The summed E-state index contributed by atoms with van der Waals surface area (Å²) in [6.45, 7) is 3.29. The third kappa shape index (κ3) is 4.39. The number of aliphatic hydroxyl groups is 3. The fraction of sp³-hybridized carbons (Fsp3) is 0.917. The second kappa shape index (κ2) is 7.76. The molecule has 5 atom stereocenters. The highest BCUT2D eigenvalue weighted by Gasteiger charge is 2.45. The number of carbonyl (C=O) groups excluding carboxylic acids is 1. The van der Waals surface area contributed by atoms with Crippen molar-refractivity contribution in [1.82, 2.24) is 5.32 Å². The Kier molecular flexibility index (Phi) is 6.67. The van der Waals surface area contributed by atoms with Crippen molar-refractivity contribution in [2.45, 2.75) is 57.3 Å². The van der Waals surface area contributed by atoms with Crippen LogP contribution in [0.3, 0.4) is 0 Å². The lowest BCUT2D eigenvalue weighted by molar-refractivity contribution is -0.270. The van der Waals surface area contributed by atoms with Gasteiger partial charge in [-0.25, -0.2) is 0 Å². The Balaban J connectivity index is 2.71. The number of hydrogen-bond acceptors (Lipinski definition) is 6. The molecule has 5 unspecified atom stereocenters. The SMILES string of the molecule is CCCCOC1OC(CO)C(O)C(O)C1NC(C)=O. The summed E-state index contributed by atoms with van der Waals surface area (Å²) in [5.41, 5.74) is 0. The van der Waals surface area contributed by atoms with Gasteiger partial charge in [-0.3, -0.25) is 4.79 Å². The van der Waals surface area contributed by atoms with Gasteiger partial charge in [0.25, 0.3) is 0 Å². The van der Waals surface area contributed by atoms with E-state index in [9.17, 15) is 15.0 Å². The van der Waals surface area contributed by atoms with Crippen molar-refractivity contribution < 1.29 is 29.6 Å². The molecule has 0 radical (unpaired) electrons. The van der Waals surface area contributed by atoms with Crippen molar-refractivity contribution in [3.05, 3.63) is 0 Å². The Bertz CT molecular complexity index is 287. The Morgan fingerprint density at radius 2 is 2.05 bits per heavy atom. The standard InChI is InChI=1S/C12H23NO6/c1-3-4-5-18-12-9(13-7(2)15)11(17)10(16)8(6-14)19-12/h8-12,14,16-17H,3-6H2,1-2H3,(H,13,15). The van der Waals surface area contributed by atoms with Crippen LogP contribution in [-0.2, 0) is 14.3 Å². The molecule has 0 bridgehead atoms. The maximum Gasteiger partial charge on any atom is 0.217 e. The van der Waals surface area contributed by atoms with Gasteiger partial charge in [-0.1, -0.05) is 13.3 Å². The minimum atomic E-state index is -1.27. The summed E-state index contributed by atoms with van der Waals surface area (Å²) >= 11 is 0. The summed E-state index contributed by atoms with van der Waals surface area (Å²) < 4.78 is 10.8. The van der Waals surface area contributed by atoms with Gasteiger partial charge in [-0.15, -0.1) is 0 Å². The number of carbonyl (C=O) groups is 1. The molecule has 1 aliphatic rings. The zero-order valence-corrected chi connectivity index (χ0v) is 11.3. The zero-order chi connectivity index (χ0) is 14.4. The molecule has 1 fully saturated rings. The molecule has 0 aromatic rings. The molecule has 1 rings (SSSR count). The average molecular weight is 277 g/mol. The smallest absolute Gasteiger partial charge is 0.217 e. The monoisotopic (exact) mass is 277 g/mol. The fourth-order valence-electron chi connectivity index (χ4n) is 1.96. The normalized spacial score (nSPS) is 35.1. The molecule has 1 heterocycles. The van der Waals surface area contributed by atoms with Gasteiger partial charge in [0.15, 0.2) is 6.29 Å². The van der Waals surface area contributed by atoms with Crippen molar-refractivity contribution in [2.24, 2.45) is 0 Å². The van der Waals surface area contributed by atoms with Crippen molar-refractivity contribution in [3.8, 4) is 0 Å². The molecular formula is C12H23NO6. The van der Waals surface area contributed by atoms with Gasteiger partial charge in [0.1, 0.15) is 24.4 Å². The van der Waals surface area contributed by atoms with Crippen LogP contribution in [-0.4, -0.2) is 65.1 Å². The number of unbranched alkanes of at least 4 members (excludes halogenated alkanes) is 1. The maximum atomic E-state index is 11.1. The first kappa shape index (κ1) is 16.3. The van der Waals surface area contributed by atoms with Crippen LogP contribution in [0, 0.1) is 0 Å². The summed E-state index contributed by atoms with van der Waals surface area (Å²) in [7, 11) is 0. The van der Waals surface area contributed by atoms with E-state index in [1.54, 1.807) is 0 Å². The van der Waals surface area contributed by atoms with E-state index in [0.717, 1.165) is 12.8 Å². The topological polar surface area (TPSA) is 108 Å². The molecule has 0 aromatic heterocycles. The molecule has 1 saturated heterocycles. The summed E-state index contributed by atoms with van der Waals surface area (Å²) in [4.78, 5) is 11.1. The second-order valence-corrected chi connectivity index (χ2v) is 4.66. The summed E-state index contributed by atoms with van der Waals surface area (Å²) in [6.07, 6.45) is -2.58. The Morgan fingerprint density at radius 3 is 2.58 bits per heavy atom. The fourth-order valence-corrected chi connectivity index (χ4v) is 1.96. The summed E-state index contributed by atoms with van der Waals surface area (Å²) in [6, 6.07) is -0.854. The highest BCUT2D eigenvalue weighted by Crippen LogP contribution is 2.22. The van der Waals surface area contributed by atoms with E-state index in [1.807, 2.05) is 6.92 Å². The van der Waals surface area contributed by atoms with E-state index in [-0.39, 0.29) is 5.91 Å². The van der Waals surface area contributed by atoms with Crippen molar-refractivity contribution in [1.29, 1.82) is 0 Å². The zero-order valence-electron chi connectivity index (χ0n) is 11.3. The van der Waals surface area contributed by atoms with E-state index >= 15 is 0 Å². The highest BCUT2D eigenvalue weighted by atomic mass is 16.7. The number of amides is 1. The molecule has 7 nitrogen and oxygen atoms in total. The van der Waals surface area contributed by atoms with Crippen molar-refractivity contribution in [2.75, 3.05) is 13.2 Å². The number of aliphatic hydroxyl groups excluding tert-OH is 3. The Morgan fingerprint density at radius 1 is 1.37 bits per heavy atom. The predicted molar refractivity (Wildman–Crippen MR) is 66.2 cm³/mol. The van der Waals surface area contributed by atoms with E-state index in [0.29, 0.717) is 6.61 Å². The molecule has 1 aliphatic heterocycles. The van der Waals surface area contributed by atoms with Gasteiger partial charge in [0.2, 0.25) is 5.91 Å². The summed E-state index contributed by atoms with van der Waals surface area (Å²) in [5.74, 6) is -0.355. The molecular weight excluding hydrogens is 254 g/mol. The quantitative estimate of drug-likeness (QED) is 0.452. The Labute approximate surface area is 112 Å². The number of hydrogen-bond donors (Lipinski definition) is 4. The first-order valence-corrected chi connectivity index (χ1v) is 6.52. The average Bonchev–Trinajstić information content (AvgIpc) is 2.37. The lowest BCUT2D eigenvalue weighted by atomic mass is 9.97. The number of rotatable bonds is 6. The molecule has 4 N–H and O–H groups in total. The summed E-state index contributed by atoms with van der Waals surface area (Å²) in [5, 5.41) is 31.3. The van der Waals surface area contributed by atoms with Crippen LogP contribution in [0.15, 0.2) is 0 Å². The van der Waals surface area contributed by atoms with Crippen LogP contribution >= 0.6 is 0 Å². The van der Waals surface area contributed by atoms with Gasteiger partial charge in [-0.05, 0) is 6.42 Å². The molecule has 0 aromatic carbocycles. The molecule has 112 valence electrons. The van der Waals surface area contributed by atoms with E-state index in [2.05, 4.69) is 5.32 Å². The van der Waals surface area contributed by atoms with Gasteiger partial charge in [0, 0.05) is 13.5 Å². The van der Waals surface area contributed by atoms with Gasteiger partial charge >= 0.3 is 0 Å². The van der Waals surface area contributed by atoms with Crippen LogP contribution in [0.4, 0.5) is 0 Å². The molecule has 0 spiro atoms. The van der Waals surface area contributed by atoms with Crippen LogP contribution < -0.4 is 5.32 Å². The number of nitrogens with one attached hydrogen (secondary N) is 1. The molecule has 1 amide bonds. The van der Waals surface area contributed by atoms with Gasteiger partial charge < -0.3 is 30.1 Å². The van der Waals surface area contributed by atoms with Crippen LogP contribution in [0.1, 0.15) is 26.7 Å². The van der Waals surface area contributed by atoms with Crippen molar-refractivity contribution >= 4 is 5.91 Å². The third-order valence-corrected chi connectivity index (χ3v) is 3.03.